The van der Waals surface area contributed by atoms with Crippen LogP contribution in [0.15, 0.2) is 145 Å². The first-order valence-corrected chi connectivity index (χ1v) is 14.4. The number of nitrogens with one attached hydrogen (secondary N) is 2. The number of pyridine rings is 1. The Labute approximate surface area is 249 Å². The van der Waals surface area contributed by atoms with E-state index in [1.807, 2.05) is 79.2 Å². The van der Waals surface area contributed by atoms with Crippen LogP contribution >= 0.6 is 0 Å². The third-order valence-corrected chi connectivity index (χ3v) is 8.23. The van der Waals surface area contributed by atoms with Gasteiger partial charge in [-0.3, -0.25) is 15.4 Å². The number of rotatable bonds is 6. The molecule has 2 atom stereocenters. The number of dihydropyridines is 1. The molecule has 2 unspecified atom stereocenters. The molecule has 0 bridgehead atoms. The Balaban J connectivity index is 1.33. The molecule has 0 saturated carbocycles. The van der Waals surface area contributed by atoms with Gasteiger partial charge in [0.1, 0.15) is 6.04 Å². The second-order valence-corrected chi connectivity index (χ2v) is 10.7. The van der Waals surface area contributed by atoms with E-state index in [4.69, 9.17) is 15.4 Å². The van der Waals surface area contributed by atoms with E-state index in [1.54, 1.807) is 0 Å². The summed E-state index contributed by atoms with van der Waals surface area (Å²) in [7, 11) is 0. The van der Waals surface area contributed by atoms with Crippen molar-refractivity contribution in [3.8, 4) is 5.69 Å². The van der Waals surface area contributed by atoms with Gasteiger partial charge in [-0.1, -0.05) is 103 Å². The second kappa shape index (κ2) is 10.3. The molecule has 0 fully saturated rings. The molecule has 6 aromatic rings. The molecule has 2 aliphatic heterocycles. The molecule has 6 heteroatoms. The molecule has 2 aromatic heterocycles. The summed E-state index contributed by atoms with van der Waals surface area (Å²) in [4.78, 5) is 10.1. The van der Waals surface area contributed by atoms with Gasteiger partial charge in [0.25, 0.3) is 0 Å². The van der Waals surface area contributed by atoms with E-state index in [-0.39, 0.29) is 12.1 Å². The maximum absolute atomic E-state index is 8.91. The highest BCUT2D eigenvalue weighted by molar-refractivity contribution is 6.12. The van der Waals surface area contributed by atoms with Gasteiger partial charge in [-0.2, -0.15) is 0 Å². The summed E-state index contributed by atoms with van der Waals surface area (Å²) in [6.45, 7) is 0. The lowest BCUT2D eigenvalue weighted by molar-refractivity contribution is 0.596. The number of anilines is 1. The standard InChI is InChI=1S/C37H28N6/c38-30(25-13-4-1-5-14-25)23-31(26-15-6-2-7-16-26)41-43-33-21-12-22-39-35(33)34-36-29(24-40-37(34)43)28-19-10-11-20-32(28)42(36)27-17-8-3-9-18-27/h1-24,33,35,38,41H/b31-23-,38-30?. The van der Waals surface area contributed by atoms with Crippen LogP contribution in [0, 0.1) is 5.41 Å². The summed E-state index contributed by atoms with van der Waals surface area (Å²) in [5, 5.41) is 13.3. The number of nitrogens with zero attached hydrogens (tertiary/aromatic N) is 4. The summed E-state index contributed by atoms with van der Waals surface area (Å²) < 4.78 is 2.35. The summed E-state index contributed by atoms with van der Waals surface area (Å²) in [6.07, 6.45) is 9.96. The Morgan fingerprint density at radius 1 is 0.767 bits per heavy atom. The fourth-order valence-electron chi connectivity index (χ4n) is 6.29. The molecule has 206 valence electrons. The van der Waals surface area contributed by atoms with E-state index in [0.717, 1.165) is 55.7 Å². The first-order chi connectivity index (χ1) is 21.3. The highest BCUT2D eigenvalue weighted by Gasteiger charge is 2.42. The van der Waals surface area contributed by atoms with Crippen LogP contribution in [-0.4, -0.2) is 27.5 Å². The van der Waals surface area contributed by atoms with Gasteiger partial charge in [0.2, 0.25) is 0 Å². The lowest BCUT2D eigenvalue weighted by atomic mass is 10.0. The van der Waals surface area contributed by atoms with Gasteiger partial charge in [-0.25, -0.2) is 4.98 Å². The molecule has 0 aliphatic carbocycles. The Kier molecular flexibility index (Phi) is 5.97. The molecule has 43 heavy (non-hydrogen) atoms. The molecule has 0 radical (unpaired) electrons. The van der Waals surface area contributed by atoms with Crippen molar-refractivity contribution in [1.82, 2.24) is 15.0 Å². The van der Waals surface area contributed by atoms with Crippen LogP contribution in [-0.2, 0) is 0 Å². The Morgan fingerprint density at radius 3 is 2.21 bits per heavy atom. The molecule has 0 spiro atoms. The van der Waals surface area contributed by atoms with Crippen molar-refractivity contribution in [2.45, 2.75) is 12.1 Å². The lowest BCUT2D eigenvalue weighted by Gasteiger charge is -2.29. The van der Waals surface area contributed by atoms with Gasteiger partial charge < -0.3 is 9.98 Å². The summed E-state index contributed by atoms with van der Waals surface area (Å²) in [5.74, 6) is 0.833. The lowest BCUT2D eigenvalue weighted by Crippen LogP contribution is -2.43. The zero-order valence-corrected chi connectivity index (χ0v) is 23.3. The van der Waals surface area contributed by atoms with Crippen molar-refractivity contribution >= 4 is 45.2 Å². The number of hydrogen-bond acceptors (Lipinski definition) is 5. The Bertz CT molecular complexity index is 2070. The fraction of sp³-hybridized carbons (Fsp3) is 0.0541. The van der Waals surface area contributed by atoms with Crippen LogP contribution in [0.25, 0.3) is 33.2 Å². The molecule has 4 heterocycles. The summed E-state index contributed by atoms with van der Waals surface area (Å²) in [6, 6.07) is 38.7. The summed E-state index contributed by atoms with van der Waals surface area (Å²) >= 11 is 0. The first kappa shape index (κ1) is 25.0. The first-order valence-electron chi connectivity index (χ1n) is 14.4. The van der Waals surface area contributed by atoms with E-state index in [9.17, 15) is 0 Å². The van der Waals surface area contributed by atoms with Gasteiger partial charge in [0.15, 0.2) is 5.82 Å². The van der Waals surface area contributed by atoms with Crippen molar-refractivity contribution < 1.29 is 0 Å². The molecular formula is C37H28N6. The topological polar surface area (TPSA) is 69.3 Å². The average molecular weight is 557 g/mol. The fourth-order valence-corrected chi connectivity index (χ4v) is 6.29. The van der Waals surface area contributed by atoms with E-state index in [2.05, 4.69) is 81.7 Å². The molecule has 2 aliphatic rings. The zero-order valence-electron chi connectivity index (χ0n) is 23.3. The minimum Gasteiger partial charge on any atom is -0.309 e. The summed E-state index contributed by atoms with van der Waals surface area (Å²) in [5.41, 5.74) is 11.2. The molecule has 0 amide bonds. The van der Waals surface area contributed by atoms with Gasteiger partial charge in [-0.15, -0.1) is 0 Å². The van der Waals surface area contributed by atoms with Crippen LogP contribution in [0.4, 0.5) is 5.82 Å². The van der Waals surface area contributed by atoms with E-state index >= 15 is 0 Å². The number of fused-ring (bicyclic) bond motifs is 7. The SMILES string of the molecule is N=C(/C=C(\NN1c2ncc3c4ccccc4n(-c4ccccc4)c3c2C2N=CC=CC21)c1ccccc1)c1ccccc1. The van der Waals surface area contributed by atoms with Crippen molar-refractivity contribution in [3.63, 3.8) is 0 Å². The smallest absolute Gasteiger partial charge is 0.155 e. The molecule has 2 N–H and O–H groups in total. The predicted octanol–water partition coefficient (Wildman–Crippen LogP) is 7.66. The number of allylic oxidation sites excluding steroid dienone is 2. The third-order valence-electron chi connectivity index (χ3n) is 8.23. The van der Waals surface area contributed by atoms with Crippen molar-refractivity contribution in [3.05, 3.63) is 156 Å². The van der Waals surface area contributed by atoms with Crippen molar-refractivity contribution in [2.75, 3.05) is 5.01 Å². The molecule has 6 nitrogen and oxygen atoms in total. The van der Waals surface area contributed by atoms with E-state index in [0.29, 0.717) is 5.71 Å². The maximum Gasteiger partial charge on any atom is 0.155 e. The Morgan fingerprint density at radius 2 is 1.44 bits per heavy atom. The van der Waals surface area contributed by atoms with Gasteiger partial charge in [0, 0.05) is 34.4 Å². The molecule has 8 rings (SSSR count). The quantitative estimate of drug-likeness (QED) is 0.207. The highest BCUT2D eigenvalue weighted by atomic mass is 15.6. The number of aromatic nitrogens is 2. The zero-order chi connectivity index (χ0) is 28.8. The van der Waals surface area contributed by atoms with Gasteiger partial charge in [-0.05, 0) is 41.5 Å². The third kappa shape index (κ3) is 4.15. The molecular weight excluding hydrogens is 528 g/mol. The minimum absolute atomic E-state index is 0.0987. The van der Waals surface area contributed by atoms with Crippen LogP contribution in [0.2, 0.25) is 0 Å². The maximum atomic E-state index is 8.91. The van der Waals surface area contributed by atoms with Crippen LogP contribution in [0.5, 0.6) is 0 Å². The van der Waals surface area contributed by atoms with Crippen molar-refractivity contribution in [1.29, 1.82) is 5.41 Å². The van der Waals surface area contributed by atoms with Gasteiger partial charge >= 0.3 is 0 Å². The highest BCUT2D eigenvalue weighted by Crippen LogP contribution is 2.47. The number of aliphatic imine (C=N–C) groups is 1. The van der Waals surface area contributed by atoms with E-state index < -0.39 is 0 Å². The number of para-hydroxylation sites is 2. The Hall–Kier alpha value is -5.75. The van der Waals surface area contributed by atoms with Crippen LogP contribution < -0.4 is 10.4 Å². The minimum atomic E-state index is -0.152. The largest absolute Gasteiger partial charge is 0.309 e. The molecule has 0 saturated heterocycles. The average Bonchev–Trinajstić information content (AvgIpc) is 3.58. The van der Waals surface area contributed by atoms with Gasteiger partial charge in [0.05, 0.1) is 28.5 Å². The number of hydrogen-bond donors (Lipinski definition) is 2. The predicted molar refractivity (Wildman–Crippen MR) is 176 cm³/mol. The molecule has 4 aromatic carbocycles. The number of hydrazine groups is 1. The van der Waals surface area contributed by atoms with Crippen molar-refractivity contribution in [2.24, 2.45) is 4.99 Å². The normalized spacial score (nSPS) is 17.3. The second-order valence-electron chi connectivity index (χ2n) is 10.7. The van der Waals surface area contributed by atoms with Crippen LogP contribution in [0.1, 0.15) is 22.7 Å². The van der Waals surface area contributed by atoms with Crippen LogP contribution in [0.3, 0.4) is 0 Å². The number of benzene rings is 4. The van der Waals surface area contributed by atoms with E-state index in [1.165, 1.54) is 0 Å². The monoisotopic (exact) mass is 556 g/mol.